The van der Waals surface area contributed by atoms with Gasteiger partial charge in [0.25, 0.3) is 16.0 Å². The lowest BCUT2D eigenvalue weighted by Gasteiger charge is -2.42. The normalized spacial score (nSPS) is 19.9. The van der Waals surface area contributed by atoms with Crippen LogP contribution in [0.3, 0.4) is 0 Å². The molecule has 22 nitrogen and oxygen atoms in total. The van der Waals surface area contributed by atoms with Crippen LogP contribution in [0, 0.1) is 0 Å². The fourth-order valence-electron chi connectivity index (χ4n) is 6.83. The van der Waals surface area contributed by atoms with Crippen LogP contribution in [0.1, 0.15) is 23.0 Å². The number of aliphatic hydroxyl groups excluding tert-OH is 4. The highest BCUT2D eigenvalue weighted by Gasteiger charge is 2.49. The summed E-state index contributed by atoms with van der Waals surface area (Å²) in [5, 5.41) is 67.3. The number of carbonyl (C=O) groups is 2. The number of nitrogens with zero attached hydrogens (tertiary/aromatic N) is 6. The Morgan fingerprint density at radius 3 is 2.25 bits per heavy atom. The van der Waals surface area contributed by atoms with E-state index in [4.69, 9.17) is 18.9 Å². The number of aliphatic hydroxyl groups is 4. The Hall–Kier alpha value is -5.51. The second kappa shape index (κ2) is 23.7. The predicted octanol–water partition coefficient (Wildman–Crippen LogP) is 2.65. The van der Waals surface area contributed by atoms with Gasteiger partial charge >= 0.3 is 0 Å². The summed E-state index contributed by atoms with van der Waals surface area (Å²) >= 11 is 3.39. The molecule has 0 saturated carbocycles. The molecule has 0 bridgehead atoms. The molecule has 8 N–H and O–H groups in total. The van der Waals surface area contributed by atoms with Gasteiger partial charge in [0.05, 0.1) is 57.1 Å². The molecule has 0 spiro atoms. The van der Waals surface area contributed by atoms with E-state index in [1.165, 1.54) is 23.7 Å². The van der Waals surface area contributed by atoms with Crippen molar-refractivity contribution in [3.63, 3.8) is 0 Å². The minimum atomic E-state index is -4.48. The molecule has 24 heteroatoms. The largest absolute Gasteiger partial charge is 0.394 e. The van der Waals surface area contributed by atoms with E-state index in [9.17, 15) is 43.0 Å². The van der Waals surface area contributed by atoms with Gasteiger partial charge in [-0.25, -0.2) is 4.68 Å². The molecule has 1 aliphatic heterocycles. The number of amides is 2. The van der Waals surface area contributed by atoms with Crippen molar-refractivity contribution < 1.29 is 61.9 Å². The van der Waals surface area contributed by atoms with E-state index in [1.807, 2.05) is 43.3 Å². The fraction of sp³-hybridized carbons (Fsp3) is 0.409. The Balaban J connectivity index is 0.968. The van der Waals surface area contributed by atoms with E-state index in [1.54, 1.807) is 54.7 Å². The van der Waals surface area contributed by atoms with Gasteiger partial charge in [0.1, 0.15) is 35.0 Å². The highest BCUT2D eigenvalue weighted by atomic mass is 79.9. The van der Waals surface area contributed by atoms with Crippen LogP contribution >= 0.6 is 15.9 Å². The van der Waals surface area contributed by atoms with Crippen LogP contribution in [0.2, 0.25) is 0 Å². The molecule has 1 fully saturated rings. The van der Waals surface area contributed by atoms with Crippen LogP contribution < -0.4 is 20.9 Å². The number of fused-ring (bicyclic) bond motifs is 1. The Bertz CT molecular complexity index is 2600. The number of benzene rings is 4. The van der Waals surface area contributed by atoms with Gasteiger partial charge in [-0.1, -0.05) is 45.4 Å². The first-order valence-corrected chi connectivity index (χ1v) is 23.5. The summed E-state index contributed by atoms with van der Waals surface area (Å²) in [6.45, 7) is 1.37. The van der Waals surface area contributed by atoms with Crippen molar-refractivity contribution in [3.8, 4) is 0 Å². The second-order valence-corrected chi connectivity index (χ2v) is 18.9. The Labute approximate surface area is 400 Å². The van der Waals surface area contributed by atoms with Gasteiger partial charge in [-0.15, -0.1) is 5.10 Å². The van der Waals surface area contributed by atoms with Crippen LogP contribution in [0.4, 0.5) is 22.7 Å². The monoisotopic (exact) mass is 1030 g/mol. The summed E-state index contributed by atoms with van der Waals surface area (Å²) in [6, 6.07) is 23.7. The van der Waals surface area contributed by atoms with Crippen molar-refractivity contribution in [3.05, 3.63) is 102 Å². The minimum absolute atomic E-state index is 0.00483. The molecule has 1 aliphatic rings. The van der Waals surface area contributed by atoms with Crippen molar-refractivity contribution in [1.29, 1.82) is 0 Å². The fourth-order valence-corrected chi connectivity index (χ4v) is 7.91. The van der Waals surface area contributed by atoms with Crippen LogP contribution in [0.25, 0.3) is 10.8 Å². The maximum absolute atomic E-state index is 13.6. The maximum atomic E-state index is 13.6. The summed E-state index contributed by atoms with van der Waals surface area (Å²) in [6.07, 6.45) is -7.99. The number of hydrogen-bond donors (Lipinski definition) is 8. The summed E-state index contributed by atoms with van der Waals surface area (Å²) in [4.78, 5) is 28.2. The number of aromatic nitrogens is 3. The Morgan fingerprint density at radius 2 is 1.57 bits per heavy atom. The molecule has 1 saturated heterocycles. The van der Waals surface area contributed by atoms with Crippen molar-refractivity contribution >= 4 is 71.4 Å². The molecule has 5 aromatic rings. The molecule has 1 aromatic heterocycles. The first-order chi connectivity index (χ1) is 32.5. The number of carbonyl (C=O) groups excluding carboxylic acids is 2. The number of rotatable bonds is 23. The number of alkyl halides is 1. The average Bonchev–Trinajstić information content (AvgIpc) is 3.79. The number of azo groups is 1. The lowest BCUT2D eigenvalue weighted by molar-refractivity contribution is -0.339. The van der Waals surface area contributed by atoms with Gasteiger partial charge in [-0.2, -0.15) is 18.6 Å². The van der Waals surface area contributed by atoms with Gasteiger partial charge in [0.15, 0.2) is 16.9 Å². The van der Waals surface area contributed by atoms with Crippen molar-refractivity contribution in [2.24, 2.45) is 10.2 Å². The molecular weight excluding hydrogens is 975 g/mol. The third-order valence-electron chi connectivity index (χ3n) is 10.6. The molecule has 366 valence electrons. The molecule has 4 aromatic carbocycles. The number of hydrogen-bond acceptors (Lipinski definition) is 18. The summed E-state index contributed by atoms with van der Waals surface area (Å²) in [5.41, 5.74) is 3.82. The van der Waals surface area contributed by atoms with Crippen LogP contribution in [-0.2, 0) is 46.9 Å². The summed E-state index contributed by atoms with van der Waals surface area (Å²) < 4.78 is 56.5. The second-order valence-electron chi connectivity index (χ2n) is 15.9. The zero-order valence-corrected chi connectivity index (χ0v) is 39.7. The van der Waals surface area contributed by atoms with Crippen LogP contribution in [-0.4, -0.2) is 155 Å². The number of halogens is 1. The van der Waals surface area contributed by atoms with E-state index in [-0.39, 0.29) is 56.8 Å². The SMILES string of the molecule is CN(C)c1ccc(/N=N/c2ccc(C(=O)NCc3cn(CCOCCOC(O[C@@H]4O[C@H](CO)[C@H](O)[C@H](O)[C@H]4O)C(C)(Br)C(=O)NCCNc4cccc5c(S(=O)(=O)O)cccc45)nn3)cc2)cc1. The van der Waals surface area contributed by atoms with Crippen LogP contribution in [0.15, 0.2) is 106 Å². The zero-order chi connectivity index (χ0) is 49.0. The van der Waals surface area contributed by atoms with Crippen LogP contribution in [0.5, 0.6) is 0 Å². The molecule has 7 atom stereocenters. The lowest BCUT2D eigenvalue weighted by Crippen LogP contribution is -2.61. The smallest absolute Gasteiger partial charge is 0.295 e. The summed E-state index contributed by atoms with van der Waals surface area (Å²) in [7, 11) is -0.567. The molecule has 2 heterocycles. The molecule has 2 amide bonds. The molecule has 2 unspecified atom stereocenters. The Morgan fingerprint density at radius 1 is 0.897 bits per heavy atom. The van der Waals surface area contributed by atoms with Gasteiger partial charge in [-0.3, -0.25) is 14.1 Å². The molecule has 6 rings (SSSR count). The Kier molecular flexibility index (Phi) is 18.1. The van der Waals surface area contributed by atoms with E-state index in [0.29, 0.717) is 39.1 Å². The van der Waals surface area contributed by atoms with E-state index >= 15 is 0 Å². The number of nitrogens with one attached hydrogen (secondary N) is 3. The predicted molar refractivity (Wildman–Crippen MR) is 251 cm³/mol. The van der Waals surface area contributed by atoms with Gasteiger partial charge < -0.3 is 60.2 Å². The standard InChI is InChI=1S/C44H54BrN9O13S/c1-44(45,42(60)47-19-18-46-34-8-4-7-33-32(34)6-5-9-36(33)68(61,62)63)43(67-41-39(58)38(57)37(56)35(26-55)66-41)65-23-22-64-21-20-54-25-30(51-52-54)24-48-40(59)27-10-12-28(13-11-27)49-50-29-14-16-31(17-15-29)53(2)3/h4-17,25,35,37-39,41,43,46,55-58H,18-24,26H2,1-3H3,(H,47,60)(H,48,59)(H,61,62,63)/b50-49+/t35-,37+,38+,39-,41+,43?,44?/m1/s1. The van der Waals surface area contributed by atoms with E-state index in [2.05, 4.69) is 52.4 Å². The number of anilines is 2. The topological polar surface area (TPSA) is 301 Å². The first kappa shape index (κ1) is 51.9. The van der Waals surface area contributed by atoms with Gasteiger partial charge in [0.2, 0.25) is 5.91 Å². The number of ether oxygens (including phenoxy) is 4. The third-order valence-corrected chi connectivity index (χ3v) is 12.3. The minimum Gasteiger partial charge on any atom is -0.394 e. The van der Waals surface area contributed by atoms with Gasteiger partial charge in [-0.05, 0) is 67.6 Å². The van der Waals surface area contributed by atoms with E-state index in [0.717, 1.165) is 5.69 Å². The van der Waals surface area contributed by atoms with Crippen molar-refractivity contribution in [1.82, 2.24) is 25.6 Å². The zero-order valence-electron chi connectivity index (χ0n) is 37.3. The molecule has 0 aliphatic carbocycles. The highest BCUT2D eigenvalue weighted by molar-refractivity contribution is 9.10. The van der Waals surface area contributed by atoms with Crippen molar-refractivity contribution in [2.75, 3.05) is 63.8 Å². The maximum Gasteiger partial charge on any atom is 0.295 e. The van der Waals surface area contributed by atoms with Gasteiger partial charge in [0, 0.05) is 54.9 Å². The molecule has 0 radical (unpaired) electrons. The third kappa shape index (κ3) is 13.6. The first-order valence-electron chi connectivity index (χ1n) is 21.3. The van der Waals surface area contributed by atoms with E-state index < -0.39 is 64.0 Å². The average molecular weight is 1030 g/mol. The quantitative estimate of drug-likeness (QED) is 0.0153. The summed E-state index contributed by atoms with van der Waals surface area (Å²) in [5.74, 6) is -0.940. The lowest BCUT2D eigenvalue weighted by atomic mass is 9.99. The molecule has 68 heavy (non-hydrogen) atoms. The molecular formula is C44H54BrN9O13S. The highest BCUT2D eigenvalue weighted by Crippen LogP contribution is 2.32. The van der Waals surface area contributed by atoms with Crippen molar-refractivity contribution in [2.45, 2.75) is 66.2 Å².